The predicted molar refractivity (Wildman–Crippen MR) is 48.6 cm³/mol. The van der Waals surface area contributed by atoms with Gasteiger partial charge in [0.1, 0.15) is 0 Å². The lowest BCUT2D eigenvalue weighted by Crippen LogP contribution is -2.46. The molecule has 5 nitrogen and oxygen atoms in total. The Bertz CT molecular complexity index is 267. The fourth-order valence-corrected chi connectivity index (χ4v) is 2.28. The van der Waals surface area contributed by atoms with Gasteiger partial charge in [0.2, 0.25) is 0 Å². The van der Waals surface area contributed by atoms with E-state index >= 15 is 0 Å². The number of carbonyl (C=O) groups excluding carboxylic acids is 2. The maximum absolute atomic E-state index is 11.4. The fraction of sp³-hybridized carbons (Fsp3) is 0.778. The number of nitrogens with zero attached hydrogens (tertiary/aromatic N) is 1. The van der Waals surface area contributed by atoms with Crippen LogP contribution in [0.4, 0.5) is 4.79 Å². The van der Waals surface area contributed by atoms with E-state index in [-0.39, 0.29) is 24.0 Å². The zero-order valence-electron chi connectivity index (χ0n) is 8.16. The molecule has 0 radical (unpaired) electrons. The monoisotopic (exact) mass is 198 g/mol. The lowest BCUT2D eigenvalue weighted by Gasteiger charge is -2.33. The summed E-state index contributed by atoms with van der Waals surface area (Å²) in [6, 6.07) is -0.0488. The van der Waals surface area contributed by atoms with Gasteiger partial charge in [-0.05, 0) is 12.8 Å². The quantitative estimate of drug-likeness (QED) is 0.601. The lowest BCUT2D eigenvalue weighted by molar-refractivity contribution is -0.148. The third-order valence-electron chi connectivity index (χ3n) is 3.01. The first kappa shape index (κ1) is 9.30. The molecular formula is C9H14N2O3. The van der Waals surface area contributed by atoms with Crippen LogP contribution in [-0.4, -0.2) is 43.1 Å². The summed E-state index contributed by atoms with van der Waals surface area (Å²) in [6.45, 7) is 1.32. The van der Waals surface area contributed by atoms with Crippen LogP contribution in [0.2, 0.25) is 0 Å². The van der Waals surface area contributed by atoms with Crippen LogP contribution in [0.25, 0.3) is 0 Å². The molecule has 2 unspecified atom stereocenters. The summed E-state index contributed by atoms with van der Waals surface area (Å²) in [7, 11) is 1.39. The Balaban J connectivity index is 2.12. The van der Waals surface area contributed by atoms with Gasteiger partial charge < -0.3 is 15.0 Å². The molecule has 78 valence electrons. The van der Waals surface area contributed by atoms with Crippen LogP contribution in [0.3, 0.4) is 0 Å². The Labute approximate surface area is 82.4 Å². The number of hydrogen-bond acceptors (Lipinski definition) is 3. The average Bonchev–Trinajstić information content (AvgIpc) is 2.59. The van der Waals surface area contributed by atoms with E-state index in [2.05, 4.69) is 5.32 Å². The Morgan fingerprint density at radius 2 is 2.43 bits per heavy atom. The second-order valence-electron chi connectivity index (χ2n) is 3.72. The van der Waals surface area contributed by atoms with Gasteiger partial charge in [-0.15, -0.1) is 0 Å². The van der Waals surface area contributed by atoms with Crippen LogP contribution < -0.4 is 5.32 Å². The van der Waals surface area contributed by atoms with Crippen molar-refractivity contribution >= 4 is 12.0 Å². The molecule has 0 aromatic rings. The topological polar surface area (TPSA) is 58.6 Å². The van der Waals surface area contributed by atoms with Gasteiger partial charge in [-0.3, -0.25) is 4.79 Å². The van der Waals surface area contributed by atoms with Gasteiger partial charge in [-0.2, -0.15) is 0 Å². The number of piperidine rings is 1. The van der Waals surface area contributed by atoms with E-state index in [1.807, 2.05) is 0 Å². The Kier molecular flexibility index (Phi) is 2.31. The molecule has 14 heavy (non-hydrogen) atoms. The molecule has 2 saturated heterocycles. The molecule has 0 spiro atoms. The van der Waals surface area contributed by atoms with Crippen molar-refractivity contribution in [3.8, 4) is 0 Å². The Morgan fingerprint density at radius 3 is 3.14 bits per heavy atom. The van der Waals surface area contributed by atoms with E-state index in [0.717, 1.165) is 19.4 Å². The van der Waals surface area contributed by atoms with Gasteiger partial charge in [0, 0.05) is 13.1 Å². The van der Waals surface area contributed by atoms with Gasteiger partial charge in [0.25, 0.3) is 0 Å². The van der Waals surface area contributed by atoms with Crippen molar-refractivity contribution in [3.05, 3.63) is 0 Å². The van der Waals surface area contributed by atoms with E-state index < -0.39 is 0 Å². The normalized spacial score (nSPS) is 30.9. The summed E-state index contributed by atoms with van der Waals surface area (Å²) >= 11 is 0. The molecule has 5 heteroatoms. The molecule has 2 fully saturated rings. The zero-order valence-corrected chi connectivity index (χ0v) is 8.16. The van der Waals surface area contributed by atoms with Crippen molar-refractivity contribution in [2.24, 2.45) is 5.92 Å². The number of fused-ring (bicyclic) bond motifs is 1. The Morgan fingerprint density at radius 1 is 1.64 bits per heavy atom. The van der Waals surface area contributed by atoms with Crippen LogP contribution in [0, 0.1) is 5.92 Å². The molecule has 2 atom stereocenters. The number of rotatable bonds is 1. The SMILES string of the molecule is COC(=O)C1CCCN2C(=O)NCC12. The minimum absolute atomic E-state index is 0.00343. The molecule has 2 aliphatic rings. The number of methoxy groups -OCH3 is 1. The summed E-state index contributed by atoms with van der Waals surface area (Å²) in [5, 5.41) is 2.75. The highest BCUT2D eigenvalue weighted by Gasteiger charge is 2.42. The highest BCUT2D eigenvalue weighted by molar-refractivity contribution is 5.80. The molecule has 2 rings (SSSR count). The largest absolute Gasteiger partial charge is 0.469 e. The molecule has 0 aromatic carbocycles. The summed E-state index contributed by atoms with van der Waals surface area (Å²) < 4.78 is 4.73. The van der Waals surface area contributed by atoms with Crippen molar-refractivity contribution in [2.75, 3.05) is 20.2 Å². The number of urea groups is 1. The number of nitrogens with one attached hydrogen (secondary N) is 1. The van der Waals surface area contributed by atoms with Gasteiger partial charge >= 0.3 is 12.0 Å². The zero-order chi connectivity index (χ0) is 10.1. The second-order valence-corrected chi connectivity index (χ2v) is 3.72. The molecule has 0 bridgehead atoms. The molecule has 0 saturated carbocycles. The van der Waals surface area contributed by atoms with E-state index in [1.165, 1.54) is 7.11 Å². The van der Waals surface area contributed by atoms with Gasteiger partial charge in [-0.1, -0.05) is 0 Å². The summed E-state index contributed by atoms with van der Waals surface area (Å²) in [5.74, 6) is -0.344. The summed E-state index contributed by atoms with van der Waals surface area (Å²) in [6.07, 6.45) is 1.70. The van der Waals surface area contributed by atoms with Gasteiger partial charge in [0.15, 0.2) is 0 Å². The minimum atomic E-state index is -0.198. The van der Waals surface area contributed by atoms with Crippen LogP contribution >= 0.6 is 0 Å². The third kappa shape index (κ3) is 1.32. The highest BCUT2D eigenvalue weighted by Crippen LogP contribution is 2.27. The molecule has 1 N–H and O–H groups in total. The van der Waals surface area contributed by atoms with E-state index in [0.29, 0.717) is 6.54 Å². The maximum atomic E-state index is 11.4. The predicted octanol–water partition coefficient (Wildman–Crippen LogP) is -0.0368. The number of carbonyl (C=O) groups is 2. The van der Waals surface area contributed by atoms with Crippen molar-refractivity contribution in [2.45, 2.75) is 18.9 Å². The van der Waals surface area contributed by atoms with Crippen LogP contribution in [-0.2, 0) is 9.53 Å². The van der Waals surface area contributed by atoms with Crippen molar-refractivity contribution in [1.29, 1.82) is 0 Å². The second kappa shape index (κ2) is 3.48. The van der Waals surface area contributed by atoms with Crippen molar-refractivity contribution < 1.29 is 14.3 Å². The molecule has 2 heterocycles. The molecule has 0 aromatic heterocycles. The van der Waals surface area contributed by atoms with Gasteiger partial charge in [-0.25, -0.2) is 4.79 Å². The average molecular weight is 198 g/mol. The summed E-state index contributed by atoms with van der Waals surface area (Å²) in [5.41, 5.74) is 0. The van der Waals surface area contributed by atoms with E-state index in [1.54, 1.807) is 4.90 Å². The van der Waals surface area contributed by atoms with Crippen LogP contribution in [0.15, 0.2) is 0 Å². The molecular weight excluding hydrogens is 184 g/mol. The third-order valence-corrected chi connectivity index (χ3v) is 3.01. The minimum Gasteiger partial charge on any atom is -0.469 e. The van der Waals surface area contributed by atoms with Gasteiger partial charge in [0.05, 0.1) is 19.1 Å². The summed E-state index contributed by atoms with van der Waals surface area (Å²) in [4.78, 5) is 24.5. The standard InChI is InChI=1S/C9H14N2O3/c1-14-8(12)6-3-2-4-11-7(6)5-10-9(11)13/h6-7H,2-5H2,1H3,(H,10,13). The molecule has 2 aliphatic heterocycles. The van der Waals surface area contributed by atoms with E-state index in [4.69, 9.17) is 4.74 Å². The fourth-order valence-electron chi connectivity index (χ4n) is 2.28. The number of ether oxygens (including phenoxy) is 1. The highest BCUT2D eigenvalue weighted by atomic mass is 16.5. The molecule has 0 aliphatic carbocycles. The van der Waals surface area contributed by atoms with Crippen LogP contribution in [0.1, 0.15) is 12.8 Å². The first-order valence-electron chi connectivity index (χ1n) is 4.86. The van der Waals surface area contributed by atoms with Crippen molar-refractivity contribution in [3.63, 3.8) is 0 Å². The smallest absolute Gasteiger partial charge is 0.317 e. The van der Waals surface area contributed by atoms with E-state index in [9.17, 15) is 9.59 Å². The Hall–Kier alpha value is -1.26. The molecule has 2 amide bonds. The number of amides is 2. The lowest BCUT2D eigenvalue weighted by atomic mass is 9.90. The first-order chi connectivity index (χ1) is 6.74. The number of hydrogen-bond donors (Lipinski definition) is 1. The van der Waals surface area contributed by atoms with Crippen molar-refractivity contribution in [1.82, 2.24) is 10.2 Å². The van der Waals surface area contributed by atoms with Crippen LogP contribution in [0.5, 0.6) is 0 Å². The number of esters is 1. The maximum Gasteiger partial charge on any atom is 0.317 e. The first-order valence-corrected chi connectivity index (χ1v) is 4.86.